The number of nitrogens with two attached hydrogens (primary N) is 1. The van der Waals surface area contributed by atoms with Crippen molar-refractivity contribution in [2.75, 3.05) is 37.9 Å². The molecule has 0 aliphatic heterocycles. The molecule has 0 fully saturated rings. The number of benzene rings is 1. The molecule has 1 aromatic carbocycles. The number of H-pyrrole nitrogens is 1. The molecule has 2 rings (SSSR count). The van der Waals surface area contributed by atoms with Crippen molar-refractivity contribution in [1.29, 1.82) is 0 Å². The van der Waals surface area contributed by atoms with Gasteiger partial charge < -0.3 is 15.4 Å². The summed E-state index contributed by atoms with van der Waals surface area (Å²) in [6, 6.07) is 7.64. The lowest BCUT2D eigenvalue weighted by Crippen LogP contribution is -2.45. The van der Waals surface area contributed by atoms with Crippen LogP contribution >= 0.6 is 0 Å². The van der Waals surface area contributed by atoms with Crippen LogP contribution < -0.4 is 26.6 Å². The zero-order chi connectivity index (χ0) is 23.0. The van der Waals surface area contributed by atoms with Gasteiger partial charge in [0.25, 0.3) is 5.56 Å². The molecule has 0 saturated carbocycles. The Hall–Kier alpha value is -3.07. The van der Waals surface area contributed by atoms with Gasteiger partial charge >= 0.3 is 5.69 Å². The largest absolute Gasteiger partial charge is 0.497 e. The minimum Gasteiger partial charge on any atom is -0.497 e. The normalized spacial score (nSPS) is 11.0. The van der Waals surface area contributed by atoms with Gasteiger partial charge in [0.1, 0.15) is 11.6 Å². The zero-order valence-electron chi connectivity index (χ0n) is 18.8. The van der Waals surface area contributed by atoms with Crippen molar-refractivity contribution in [1.82, 2.24) is 14.5 Å². The van der Waals surface area contributed by atoms with E-state index < -0.39 is 11.2 Å². The molecule has 31 heavy (non-hydrogen) atoms. The average molecular weight is 432 g/mol. The highest BCUT2D eigenvalue weighted by Gasteiger charge is 2.24. The summed E-state index contributed by atoms with van der Waals surface area (Å²) < 4.78 is 6.56. The summed E-state index contributed by atoms with van der Waals surface area (Å²) in [6.45, 7) is 5.24. The highest BCUT2D eigenvalue weighted by atomic mass is 16.5. The van der Waals surface area contributed by atoms with Gasteiger partial charge in [-0.1, -0.05) is 32.4 Å². The van der Waals surface area contributed by atoms with Crippen LogP contribution in [0.1, 0.15) is 38.7 Å². The number of carbonyl (C=O) groups is 1. The van der Waals surface area contributed by atoms with Crippen molar-refractivity contribution in [2.45, 2.75) is 46.2 Å². The molecule has 0 bridgehead atoms. The van der Waals surface area contributed by atoms with E-state index in [0.29, 0.717) is 32.5 Å². The van der Waals surface area contributed by atoms with Crippen LogP contribution in [0.3, 0.4) is 0 Å². The first-order valence-electron chi connectivity index (χ1n) is 10.6. The second kappa shape index (κ2) is 11.4. The number of amides is 1. The summed E-state index contributed by atoms with van der Waals surface area (Å²) in [5.74, 6) is 0.521. The van der Waals surface area contributed by atoms with Crippen LogP contribution in [0.15, 0.2) is 33.9 Å². The van der Waals surface area contributed by atoms with Crippen LogP contribution in [0.4, 0.5) is 11.5 Å². The fraction of sp³-hybridized carbons (Fsp3) is 0.500. The van der Waals surface area contributed by atoms with Crippen LogP contribution in [0.25, 0.3) is 0 Å². The molecule has 2 aromatic rings. The molecular formula is C22H33N5O4. The van der Waals surface area contributed by atoms with E-state index in [2.05, 4.69) is 4.98 Å². The highest BCUT2D eigenvalue weighted by Crippen LogP contribution is 2.19. The number of nitrogen functional groups attached to an aromatic ring is 1. The Bertz CT molecular complexity index is 998. The smallest absolute Gasteiger partial charge is 0.330 e. The number of methoxy groups -OCH3 is 1. The number of carbonyl (C=O) groups excluding carboxylic acids is 1. The Morgan fingerprint density at radius 3 is 2.61 bits per heavy atom. The lowest BCUT2D eigenvalue weighted by Gasteiger charge is -2.26. The topological polar surface area (TPSA) is 114 Å². The minimum absolute atomic E-state index is 0.0236. The second-order valence-electron chi connectivity index (χ2n) is 7.57. The summed E-state index contributed by atoms with van der Waals surface area (Å²) in [7, 11) is 3.44. The van der Waals surface area contributed by atoms with Crippen LogP contribution in [0.5, 0.6) is 5.75 Å². The van der Waals surface area contributed by atoms with Crippen molar-refractivity contribution in [3.63, 3.8) is 0 Å². The van der Waals surface area contributed by atoms with Gasteiger partial charge in [-0.3, -0.25) is 24.0 Å². The van der Waals surface area contributed by atoms with Gasteiger partial charge in [-0.15, -0.1) is 0 Å². The predicted molar refractivity (Wildman–Crippen MR) is 123 cm³/mol. The molecule has 9 nitrogen and oxygen atoms in total. The number of hydrogen-bond donors (Lipinski definition) is 2. The first-order chi connectivity index (χ1) is 14.8. The summed E-state index contributed by atoms with van der Waals surface area (Å²) in [5, 5.41) is 0. The molecule has 9 heteroatoms. The van der Waals surface area contributed by atoms with E-state index in [1.54, 1.807) is 7.11 Å². The molecule has 0 aliphatic carbocycles. The van der Waals surface area contributed by atoms with Gasteiger partial charge in [0.2, 0.25) is 5.91 Å². The van der Waals surface area contributed by atoms with Gasteiger partial charge in [0, 0.05) is 19.6 Å². The van der Waals surface area contributed by atoms with Crippen molar-refractivity contribution in [2.24, 2.45) is 0 Å². The quantitative estimate of drug-likeness (QED) is 0.561. The van der Waals surface area contributed by atoms with Crippen LogP contribution in [0.2, 0.25) is 0 Å². The fourth-order valence-corrected chi connectivity index (χ4v) is 3.42. The third-order valence-corrected chi connectivity index (χ3v) is 4.96. The fourth-order valence-electron chi connectivity index (χ4n) is 3.42. The highest BCUT2D eigenvalue weighted by molar-refractivity contribution is 5.96. The van der Waals surface area contributed by atoms with Crippen molar-refractivity contribution in [3.8, 4) is 5.75 Å². The number of aromatic amines is 1. The number of rotatable bonds is 11. The maximum Gasteiger partial charge on any atom is 0.330 e. The molecule has 0 saturated heterocycles. The monoisotopic (exact) mass is 431 g/mol. The first kappa shape index (κ1) is 24.2. The second-order valence-corrected chi connectivity index (χ2v) is 7.57. The lowest BCUT2D eigenvalue weighted by atomic mass is 10.2. The van der Waals surface area contributed by atoms with Gasteiger partial charge in [0.05, 0.1) is 13.7 Å². The average Bonchev–Trinajstić information content (AvgIpc) is 2.73. The maximum atomic E-state index is 13.2. The lowest BCUT2D eigenvalue weighted by molar-refractivity contribution is -0.119. The van der Waals surface area contributed by atoms with Crippen molar-refractivity contribution < 1.29 is 9.53 Å². The molecule has 0 aliphatic rings. The zero-order valence-corrected chi connectivity index (χ0v) is 18.8. The molecular weight excluding hydrogens is 398 g/mol. The van der Waals surface area contributed by atoms with Crippen molar-refractivity contribution >= 4 is 17.4 Å². The Balaban J connectivity index is 2.29. The molecule has 3 N–H and O–H groups in total. The van der Waals surface area contributed by atoms with E-state index in [4.69, 9.17) is 10.5 Å². The van der Waals surface area contributed by atoms with Crippen LogP contribution in [-0.2, 0) is 17.9 Å². The Labute approximate surface area is 182 Å². The molecule has 1 aromatic heterocycles. The number of likely N-dealkylation sites (N-methyl/N-ethyl adjacent to an activating group) is 1. The third-order valence-electron chi connectivity index (χ3n) is 4.96. The third kappa shape index (κ3) is 6.21. The molecule has 1 heterocycles. The number of ether oxygens (including phenoxy) is 1. The molecule has 170 valence electrons. The van der Waals surface area contributed by atoms with E-state index in [0.717, 1.165) is 17.7 Å². The Morgan fingerprint density at radius 2 is 1.97 bits per heavy atom. The van der Waals surface area contributed by atoms with E-state index in [-0.39, 0.29) is 24.0 Å². The number of hydrogen-bond acceptors (Lipinski definition) is 6. The van der Waals surface area contributed by atoms with Gasteiger partial charge in [-0.25, -0.2) is 4.79 Å². The van der Waals surface area contributed by atoms with Gasteiger partial charge in [-0.2, -0.15) is 0 Å². The van der Waals surface area contributed by atoms with Crippen LogP contribution in [0, 0.1) is 0 Å². The van der Waals surface area contributed by atoms with Crippen molar-refractivity contribution in [3.05, 3.63) is 50.7 Å². The molecule has 0 atom stereocenters. The molecule has 0 radical (unpaired) electrons. The number of unbranched alkanes of at least 4 members (excludes halogenated alkanes) is 1. The maximum absolute atomic E-state index is 13.2. The van der Waals surface area contributed by atoms with E-state index >= 15 is 0 Å². The molecule has 0 unspecified atom stereocenters. The summed E-state index contributed by atoms with van der Waals surface area (Å²) in [4.78, 5) is 43.5. The van der Waals surface area contributed by atoms with Gasteiger partial charge in [0.15, 0.2) is 5.69 Å². The molecule has 0 spiro atoms. The van der Waals surface area contributed by atoms with Crippen LogP contribution in [-0.4, -0.2) is 47.6 Å². The van der Waals surface area contributed by atoms with E-state index in [9.17, 15) is 14.4 Å². The van der Waals surface area contributed by atoms with E-state index in [1.807, 2.05) is 50.1 Å². The summed E-state index contributed by atoms with van der Waals surface area (Å²) >= 11 is 0. The SMILES string of the molecule is CCCCN(C(=O)CN(C)Cc1cccc(OC)c1)c1c(N)n(CCC)c(=O)[nH]c1=O. The Morgan fingerprint density at radius 1 is 1.23 bits per heavy atom. The minimum atomic E-state index is -0.644. The van der Waals surface area contributed by atoms with E-state index in [1.165, 1.54) is 9.47 Å². The number of aromatic nitrogens is 2. The number of anilines is 2. The number of nitrogens with one attached hydrogen (secondary N) is 1. The first-order valence-corrected chi connectivity index (χ1v) is 10.6. The predicted octanol–water partition coefficient (Wildman–Crippen LogP) is 1.80. The van der Waals surface area contributed by atoms with Gasteiger partial charge in [-0.05, 0) is 37.6 Å². The summed E-state index contributed by atoms with van der Waals surface area (Å²) in [5.41, 5.74) is 6.03. The number of nitrogens with zero attached hydrogens (tertiary/aromatic N) is 3. The standard InChI is InChI=1S/C22H33N5O4/c1-5-7-12-26(19-20(23)27(11-6-2)22(30)24-21(19)29)18(28)15-25(3)14-16-9-8-10-17(13-16)31-4/h8-10,13H,5-7,11-12,14-15,23H2,1-4H3,(H,24,29,30). The molecule has 1 amide bonds. The summed E-state index contributed by atoms with van der Waals surface area (Å²) in [6.07, 6.45) is 2.22. The Kier molecular flexibility index (Phi) is 8.87.